The summed E-state index contributed by atoms with van der Waals surface area (Å²) in [6.45, 7) is 4.49. The molecule has 1 amide bonds. The van der Waals surface area contributed by atoms with Gasteiger partial charge in [0, 0.05) is 44.6 Å². The highest BCUT2D eigenvalue weighted by Crippen LogP contribution is 2.28. The number of rotatable bonds is 6. The van der Waals surface area contributed by atoms with E-state index in [9.17, 15) is 9.18 Å². The second kappa shape index (κ2) is 7.92. The highest BCUT2D eigenvalue weighted by Gasteiger charge is 2.32. The molecule has 0 radical (unpaired) electrons. The lowest BCUT2D eigenvalue weighted by molar-refractivity contribution is -0.114. The molecular formula is C16H20FN5O3S. The predicted octanol–water partition coefficient (Wildman–Crippen LogP) is 2.08. The molecule has 2 aromatic rings. The maximum atomic E-state index is 14.0. The Balaban J connectivity index is 1.60. The molecule has 1 N–H and O–H groups in total. The fraction of sp³-hybridized carbons (Fsp3) is 0.500. The number of halogens is 1. The van der Waals surface area contributed by atoms with Crippen LogP contribution in [0, 0.1) is 5.95 Å². The van der Waals surface area contributed by atoms with Gasteiger partial charge >= 0.3 is 0 Å². The van der Waals surface area contributed by atoms with Crippen LogP contribution in [-0.2, 0) is 11.3 Å². The number of hydrogen-bond acceptors (Lipinski definition) is 8. The van der Waals surface area contributed by atoms with E-state index in [2.05, 4.69) is 32.3 Å². The van der Waals surface area contributed by atoms with E-state index in [1.807, 2.05) is 0 Å². The average molecular weight is 381 g/mol. The van der Waals surface area contributed by atoms with Gasteiger partial charge in [-0.25, -0.2) is 0 Å². The van der Waals surface area contributed by atoms with Gasteiger partial charge in [-0.15, -0.1) is 10.2 Å². The molecule has 2 aromatic heterocycles. The first-order valence-corrected chi connectivity index (χ1v) is 8.97. The van der Waals surface area contributed by atoms with Crippen LogP contribution in [0.1, 0.15) is 25.1 Å². The van der Waals surface area contributed by atoms with Crippen LogP contribution in [0.2, 0.25) is 0 Å². The van der Waals surface area contributed by atoms with Crippen molar-refractivity contribution in [2.45, 2.75) is 39.0 Å². The molecule has 10 heteroatoms. The van der Waals surface area contributed by atoms with Gasteiger partial charge in [0.1, 0.15) is 6.10 Å². The third-order valence-corrected chi connectivity index (χ3v) is 4.99. The lowest BCUT2D eigenvalue weighted by Gasteiger charge is -2.19. The Bertz CT molecular complexity index is 770. The number of nitrogens with one attached hydrogen (secondary N) is 1. The van der Waals surface area contributed by atoms with Crippen LogP contribution >= 0.6 is 11.3 Å². The van der Waals surface area contributed by atoms with Crippen LogP contribution in [0.4, 0.5) is 9.52 Å². The van der Waals surface area contributed by atoms with E-state index in [0.29, 0.717) is 29.7 Å². The van der Waals surface area contributed by atoms with Gasteiger partial charge in [-0.3, -0.25) is 9.69 Å². The van der Waals surface area contributed by atoms with Crippen LogP contribution in [0.15, 0.2) is 12.1 Å². The SMILES string of the molecule is COc1ccc(O[C@@H]2C[C@H](C)N(Cc3sc(NC(C)=O)nc3F)C2)nn1. The van der Waals surface area contributed by atoms with Gasteiger partial charge in [0.2, 0.25) is 23.6 Å². The minimum atomic E-state index is -0.545. The maximum Gasteiger partial charge on any atom is 0.233 e. The standard InChI is InChI=1S/C16H20FN5O3S/c1-9-6-11(25-14-5-4-13(24-3)20-21-14)7-22(9)8-12-15(17)19-16(26-12)18-10(2)23/h4-5,9,11H,6-8H2,1-3H3,(H,18,19,23)/t9-,11+/m0/s1. The summed E-state index contributed by atoms with van der Waals surface area (Å²) in [7, 11) is 1.52. The van der Waals surface area contributed by atoms with Gasteiger partial charge < -0.3 is 14.8 Å². The normalized spacial score (nSPS) is 20.2. The van der Waals surface area contributed by atoms with Crippen molar-refractivity contribution in [3.63, 3.8) is 0 Å². The van der Waals surface area contributed by atoms with Crippen molar-refractivity contribution < 1.29 is 18.7 Å². The monoisotopic (exact) mass is 381 g/mol. The zero-order valence-electron chi connectivity index (χ0n) is 14.7. The number of hydrogen-bond donors (Lipinski definition) is 1. The Morgan fingerprint density at radius 3 is 2.81 bits per heavy atom. The van der Waals surface area contributed by atoms with Gasteiger partial charge in [0.25, 0.3) is 0 Å². The van der Waals surface area contributed by atoms with Crippen molar-refractivity contribution in [1.29, 1.82) is 0 Å². The number of thiazole rings is 1. The smallest absolute Gasteiger partial charge is 0.233 e. The molecule has 140 valence electrons. The van der Waals surface area contributed by atoms with Crippen LogP contribution in [-0.4, -0.2) is 51.8 Å². The number of ether oxygens (including phenoxy) is 2. The van der Waals surface area contributed by atoms with Crippen LogP contribution in [0.5, 0.6) is 11.8 Å². The molecule has 0 aromatic carbocycles. The third-order valence-electron chi connectivity index (χ3n) is 4.06. The number of likely N-dealkylation sites (tertiary alicyclic amines) is 1. The zero-order valence-corrected chi connectivity index (χ0v) is 15.5. The first kappa shape index (κ1) is 18.5. The van der Waals surface area contributed by atoms with Gasteiger partial charge in [0.15, 0.2) is 5.13 Å². The van der Waals surface area contributed by atoms with E-state index in [-0.39, 0.29) is 23.2 Å². The van der Waals surface area contributed by atoms with Crippen molar-refractivity contribution >= 4 is 22.4 Å². The van der Waals surface area contributed by atoms with Gasteiger partial charge in [0.05, 0.1) is 12.0 Å². The highest BCUT2D eigenvalue weighted by molar-refractivity contribution is 7.15. The molecule has 0 bridgehead atoms. The lowest BCUT2D eigenvalue weighted by atomic mass is 10.2. The molecular weight excluding hydrogens is 361 g/mol. The van der Waals surface area contributed by atoms with E-state index in [4.69, 9.17) is 9.47 Å². The Kier molecular flexibility index (Phi) is 5.62. The fourth-order valence-corrected chi connectivity index (χ4v) is 3.73. The van der Waals surface area contributed by atoms with Gasteiger partial charge in [-0.2, -0.15) is 9.37 Å². The lowest BCUT2D eigenvalue weighted by Crippen LogP contribution is -2.28. The summed E-state index contributed by atoms with van der Waals surface area (Å²) in [4.78, 5) is 17.4. The topological polar surface area (TPSA) is 89.5 Å². The zero-order chi connectivity index (χ0) is 18.7. The summed E-state index contributed by atoms with van der Waals surface area (Å²) in [6, 6.07) is 3.62. The molecule has 0 saturated carbocycles. The summed E-state index contributed by atoms with van der Waals surface area (Å²) < 4.78 is 24.9. The maximum absolute atomic E-state index is 14.0. The molecule has 3 heterocycles. The first-order chi connectivity index (χ1) is 12.4. The third kappa shape index (κ3) is 4.44. The molecule has 1 aliphatic rings. The number of methoxy groups -OCH3 is 1. The van der Waals surface area contributed by atoms with Crippen molar-refractivity contribution in [2.75, 3.05) is 19.0 Å². The number of carbonyl (C=O) groups excluding carboxylic acids is 1. The molecule has 1 saturated heterocycles. The van der Waals surface area contributed by atoms with E-state index in [1.165, 1.54) is 14.0 Å². The van der Waals surface area contributed by atoms with Crippen LogP contribution in [0.25, 0.3) is 0 Å². The van der Waals surface area contributed by atoms with Crippen molar-refractivity contribution in [1.82, 2.24) is 20.1 Å². The number of nitrogens with zero attached hydrogens (tertiary/aromatic N) is 4. The molecule has 0 aliphatic carbocycles. The summed E-state index contributed by atoms with van der Waals surface area (Å²) in [6.07, 6.45) is 0.741. The quantitative estimate of drug-likeness (QED) is 0.819. The molecule has 1 fully saturated rings. The summed E-state index contributed by atoms with van der Waals surface area (Å²) in [5, 5.41) is 10.6. The number of anilines is 1. The fourth-order valence-electron chi connectivity index (χ4n) is 2.82. The van der Waals surface area contributed by atoms with Crippen LogP contribution in [0.3, 0.4) is 0 Å². The minimum absolute atomic E-state index is 0.0570. The number of aromatic nitrogens is 3. The Morgan fingerprint density at radius 1 is 1.42 bits per heavy atom. The molecule has 26 heavy (non-hydrogen) atoms. The van der Waals surface area contributed by atoms with Crippen molar-refractivity contribution in [3.05, 3.63) is 23.0 Å². The molecule has 2 atom stereocenters. The molecule has 8 nitrogen and oxygen atoms in total. The van der Waals surface area contributed by atoms with Gasteiger partial charge in [-0.05, 0) is 6.92 Å². The van der Waals surface area contributed by atoms with Gasteiger partial charge in [-0.1, -0.05) is 11.3 Å². The molecule has 1 aliphatic heterocycles. The Labute approximate surface area is 154 Å². The van der Waals surface area contributed by atoms with E-state index in [1.54, 1.807) is 12.1 Å². The molecule has 3 rings (SSSR count). The second-order valence-electron chi connectivity index (χ2n) is 6.08. The van der Waals surface area contributed by atoms with Crippen molar-refractivity contribution in [3.8, 4) is 11.8 Å². The number of amides is 1. The predicted molar refractivity (Wildman–Crippen MR) is 93.9 cm³/mol. The number of carbonyl (C=O) groups is 1. The van der Waals surface area contributed by atoms with Crippen LogP contribution < -0.4 is 14.8 Å². The van der Waals surface area contributed by atoms with E-state index in [0.717, 1.165) is 17.8 Å². The first-order valence-electron chi connectivity index (χ1n) is 8.15. The van der Waals surface area contributed by atoms with E-state index >= 15 is 0 Å². The molecule has 0 unspecified atom stereocenters. The largest absolute Gasteiger partial charge is 0.480 e. The summed E-state index contributed by atoms with van der Waals surface area (Å²) >= 11 is 1.15. The highest BCUT2D eigenvalue weighted by atomic mass is 32.1. The van der Waals surface area contributed by atoms with E-state index < -0.39 is 5.95 Å². The Morgan fingerprint density at radius 2 is 2.15 bits per heavy atom. The van der Waals surface area contributed by atoms with Crippen molar-refractivity contribution in [2.24, 2.45) is 0 Å². The summed E-state index contributed by atoms with van der Waals surface area (Å²) in [5.41, 5.74) is 0. The second-order valence-corrected chi connectivity index (χ2v) is 7.17. The minimum Gasteiger partial charge on any atom is -0.480 e. The summed E-state index contributed by atoms with van der Waals surface area (Å²) in [5.74, 6) is 0.0430. The average Bonchev–Trinajstić information content (AvgIpc) is 3.10. The molecule has 0 spiro atoms. The Hall–Kier alpha value is -2.33.